The van der Waals surface area contributed by atoms with Gasteiger partial charge in [-0.05, 0) is 70.3 Å². The first kappa shape index (κ1) is 35.2. The maximum atomic E-state index is 14.6. The van der Waals surface area contributed by atoms with Crippen molar-refractivity contribution in [3.63, 3.8) is 0 Å². The van der Waals surface area contributed by atoms with Crippen LogP contribution in [0.3, 0.4) is 0 Å². The van der Waals surface area contributed by atoms with Crippen molar-refractivity contribution in [2.45, 2.75) is 5.60 Å². The molecule has 1 saturated heterocycles. The van der Waals surface area contributed by atoms with E-state index in [1.165, 1.54) is 41.3 Å². The quantitative estimate of drug-likeness (QED) is 0.0420. The molecule has 0 spiro atoms. The monoisotopic (exact) mass is 730 g/mol. The minimum Gasteiger partial charge on any atom is -0.461 e. The summed E-state index contributed by atoms with van der Waals surface area (Å²) in [5.41, 5.74) is 3.45. The maximum Gasteiger partial charge on any atom is 0.330 e. The molecular formula is C44H34N4O7. The standard InChI is InChI=1S/C44H34N4O7/c49-36(22-19-28-17-20-31(21-18-28)48(53)54)55-26-25-47-42(50)39-32-27-33(44(52,30-13-5-2-6-14-30)35-16-8-10-24-46-35)40(41(39)43(47)51)38(32)37(29-11-3-1-4-12-29)34-15-7-9-23-45-34/h1-24,27,32,39-41,52H,25-26H2. The van der Waals surface area contributed by atoms with Crippen LogP contribution in [0.2, 0.25) is 0 Å². The summed E-state index contributed by atoms with van der Waals surface area (Å²) in [6, 6.07) is 35.6. The topological polar surface area (TPSA) is 153 Å². The minimum absolute atomic E-state index is 0.0719. The van der Waals surface area contributed by atoms with Crippen molar-refractivity contribution in [1.82, 2.24) is 14.9 Å². The molecular weight excluding hydrogens is 697 g/mol. The number of benzene rings is 3. The molecule has 8 rings (SSSR count). The third kappa shape index (κ3) is 6.24. The van der Waals surface area contributed by atoms with Crippen LogP contribution in [-0.2, 0) is 24.7 Å². The number of amides is 2. The van der Waals surface area contributed by atoms with E-state index in [2.05, 4.69) is 4.98 Å². The summed E-state index contributed by atoms with van der Waals surface area (Å²) in [4.78, 5) is 62.5. The zero-order valence-corrected chi connectivity index (χ0v) is 29.3. The van der Waals surface area contributed by atoms with Gasteiger partial charge in [0.2, 0.25) is 11.8 Å². The van der Waals surface area contributed by atoms with Crippen molar-refractivity contribution in [3.05, 3.63) is 195 Å². The van der Waals surface area contributed by atoms with Gasteiger partial charge in [0.1, 0.15) is 6.61 Å². The Morgan fingerprint density at radius 3 is 2.15 bits per heavy atom. The van der Waals surface area contributed by atoms with Crippen molar-refractivity contribution in [3.8, 4) is 0 Å². The maximum absolute atomic E-state index is 14.6. The zero-order valence-electron chi connectivity index (χ0n) is 29.3. The molecule has 1 N–H and O–H groups in total. The Morgan fingerprint density at radius 1 is 0.836 bits per heavy atom. The van der Waals surface area contributed by atoms with Gasteiger partial charge >= 0.3 is 5.97 Å². The van der Waals surface area contributed by atoms with Gasteiger partial charge in [0.25, 0.3) is 5.69 Å². The summed E-state index contributed by atoms with van der Waals surface area (Å²) < 4.78 is 5.38. The minimum atomic E-state index is -1.74. The first-order valence-electron chi connectivity index (χ1n) is 17.8. The lowest BCUT2D eigenvalue weighted by molar-refractivity contribution is -0.384. The molecule has 3 aliphatic rings. The highest BCUT2D eigenvalue weighted by atomic mass is 16.6. The Balaban J connectivity index is 1.15. The molecule has 0 radical (unpaired) electrons. The number of likely N-dealkylation sites (tertiary alicyclic amines) is 1. The summed E-state index contributed by atoms with van der Waals surface area (Å²) in [6.45, 7) is -0.381. The van der Waals surface area contributed by atoms with Gasteiger partial charge in [0, 0.05) is 48.0 Å². The van der Waals surface area contributed by atoms with Crippen LogP contribution < -0.4 is 0 Å². The normalized spacial score (nSPS) is 22.0. The molecule has 5 aromatic rings. The van der Waals surface area contributed by atoms with E-state index in [1.54, 1.807) is 30.6 Å². The van der Waals surface area contributed by atoms with Gasteiger partial charge in [-0.1, -0.05) is 78.9 Å². The van der Waals surface area contributed by atoms with Crippen LogP contribution in [0, 0.1) is 33.8 Å². The molecule has 11 heteroatoms. The molecule has 2 amide bonds. The highest BCUT2D eigenvalue weighted by molar-refractivity contribution is 6.08. The molecule has 5 unspecified atom stereocenters. The number of nitro benzene ring substituents is 1. The van der Waals surface area contributed by atoms with Crippen LogP contribution in [0.1, 0.15) is 28.1 Å². The van der Waals surface area contributed by atoms with Crippen LogP contribution in [0.4, 0.5) is 5.69 Å². The van der Waals surface area contributed by atoms with Crippen LogP contribution in [0.15, 0.2) is 157 Å². The number of allylic oxidation sites excluding steroid dienone is 2. The second-order valence-electron chi connectivity index (χ2n) is 13.6. The fraction of sp³-hybridized carbons (Fsp3) is 0.159. The Morgan fingerprint density at radius 2 is 1.49 bits per heavy atom. The van der Waals surface area contributed by atoms with Crippen molar-refractivity contribution >= 4 is 35.1 Å². The van der Waals surface area contributed by atoms with Gasteiger partial charge < -0.3 is 9.84 Å². The van der Waals surface area contributed by atoms with E-state index < -0.39 is 46.1 Å². The molecule has 2 fully saturated rings. The van der Waals surface area contributed by atoms with Crippen LogP contribution in [-0.4, -0.2) is 55.8 Å². The average Bonchev–Trinajstić information content (AvgIpc) is 3.84. The second kappa shape index (κ2) is 14.5. The summed E-state index contributed by atoms with van der Waals surface area (Å²) >= 11 is 0. The number of aromatic nitrogens is 2. The van der Waals surface area contributed by atoms with Gasteiger partial charge in [-0.25, -0.2) is 4.79 Å². The largest absolute Gasteiger partial charge is 0.461 e. The molecule has 55 heavy (non-hydrogen) atoms. The fourth-order valence-electron chi connectivity index (χ4n) is 8.29. The van der Waals surface area contributed by atoms with Crippen molar-refractivity contribution in [2.24, 2.45) is 23.7 Å². The van der Waals surface area contributed by atoms with Crippen LogP contribution >= 0.6 is 0 Å². The molecule has 1 aliphatic heterocycles. The van der Waals surface area contributed by atoms with Crippen molar-refractivity contribution < 1.29 is 29.2 Å². The zero-order chi connectivity index (χ0) is 38.1. The number of aliphatic hydroxyl groups is 1. The third-order valence-electron chi connectivity index (χ3n) is 10.6. The lowest BCUT2D eigenvalue weighted by atomic mass is 9.71. The molecule has 1 saturated carbocycles. The predicted octanol–water partition coefficient (Wildman–Crippen LogP) is 6.17. The molecule has 3 heterocycles. The van der Waals surface area contributed by atoms with Crippen LogP contribution in [0.25, 0.3) is 11.6 Å². The Kier molecular flexibility index (Phi) is 9.29. The van der Waals surface area contributed by atoms with E-state index in [9.17, 15) is 29.6 Å². The van der Waals surface area contributed by atoms with E-state index in [4.69, 9.17) is 9.72 Å². The Bertz CT molecular complexity index is 2280. The summed E-state index contributed by atoms with van der Waals surface area (Å²) in [6.07, 6.45) is 7.92. The highest BCUT2D eigenvalue weighted by Crippen LogP contribution is 2.64. The molecule has 5 atom stereocenters. The smallest absolute Gasteiger partial charge is 0.330 e. The molecule has 2 aliphatic carbocycles. The van der Waals surface area contributed by atoms with Crippen molar-refractivity contribution in [1.29, 1.82) is 0 Å². The number of nitrogens with zero attached hydrogens (tertiary/aromatic N) is 4. The van der Waals surface area contributed by atoms with E-state index in [1.807, 2.05) is 84.9 Å². The van der Waals surface area contributed by atoms with Gasteiger partial charge in [0.15, 0.2) is 5.60 Å². The van der Waals surface area contributed by atoms with E-state index >= 15 is 0 Å². The number of carbonyl (C=O) groups excluding carboxylic acids is 3. The number of rotatable bonds is 11. The molecule has 11 nitrogen and oxygen atoms in total. The Labute approximate surface area is 316 Å². The molecule has 2 bridgehead atoms. The fourth-order valence-corrected chi connectivity index (χ4v) is 8.29. The van der Waals surface area contributed by atoms with E-state index in [0.717, 1.165) is 16.7 Å². The van der Waals surface area contributed by atoms with E-state index in [0.29, 0.717) is 28.1 Å². The van der Waals surface area contributed by atoms with Gasteiger partial charge in [-0.2, -0.15) is 0 Å². The van der Waals surface area contributed by atoms with Crippen molar-refractivity contribution in [2.75, 3.05) is 13.2 Å². The first-order valence-corrected chi connectivity index (χ1v) is 17.8. The number of nitro groups is 1. The van der Waals surface area contributed by atoms with Gasteiger partial charge in [-0.3, -0.25) is 34.6 Å². The van der Waals surface area contributed by atoms with Crippen LogP contribution in [0.5, 0.6) is 0 Å². The van der Waals surface area contributed by atoms with E-state index in [-0.39, 0.29) is 24.7 Å². The molecule has 272 valence electrons. The summed E-state index contributed by atoms with van der Waals surface area (Å²) in [5.74, 6) is -4.33. The summed E-state index contributed by atoms with van der Waals surface area (Å²) in [7, 11) is 0. The number of fused-ring (bicyclic) bond motifs is 5. The number of pyridine rings is 2. The SMILES string of the molecule is O=C(C=Cc1ccc([N+](=O)[O-])cc1)OCCN1C(=O)C2C3C=C(C(O)(c4ccccc4)c4ccccn4)C(C3=C(c3ccccc3)c3ccccn3)C2C1=O. The number of hydrogen-bond acceptors (Lipinski definition) is 9. The number of hydrogen-bond donors (Lipinski definition) is 1. The van der Waals surface area contributed by atoms with Gasteiger partial charge in [-0.15, -0.1) is 0 Å². The molecule has 2 aromatic heterocycles. The highest BCUT2D eigenvalue weighted by Gasteiger charge is 2.66. The number of carbonyl (C=O) groups is 3. The van der Waals surface area contributed by atoms with Gasteiger partial charge in [0.05, 0.1) is 34.7 Å². The average molecular weight is 731 g/mol. The number of imide groups is 1. The Hall–Kier alpha value is -6.85. The lowest BCUT2D eigenvalue weighted by Gasteiger charge is -2.36. The number of non-ortho nitro benzene ring substituents is 1. The summed E-state index contributed by atoms with van der Waals surface area (Å²) in [5, 5.41) is 24.0. The third-order valence-corrected chi connectivity index (χ3v) is 10.6. The predicted molar refractivity (Wildman–Crippen MR) is 202 cm³/mol. The first-order chi connectivity index (χ1) is 26.8. The molecule has 3 aromatic carbocycles. The number of ether oxygens (including phenoxy) is 1. The second-order valence-corrected chi connectivity index (χ2v) is 13.6. The number of esters is 1. The lowest BCUT2D eigenvalue weighted by Crippen LogP contribution is -2.39.